The lowest BCUT2D eigenvalue weighted by Gasteiger charge is -2.40. The molecule has 7 heteroatoms. The predicted octanol–water partition coefficient (Wildman–Crippen LogP) is 1.35. The predicted molar refractivity (Wildman–Crippen MR) is 88.9 cm³/mol. The lowest BCUT2D eigenvalue weighted by molar-refractivity contribution is -0.135. The van der Waals surface area contributed by atoms with Gasteiger partial charge in [-0.15, -0.1) is 12.4 Å². The molecule has 1 aromatic rings. The van der Waals surface area contributed by atoms with Gasteiger partial charge < -0.3 is 19.5 Å². The number of likely N-dealkylation sites (tertiary alicyclic amines) is 1. The van der Waals surface area contributed by atoms with Gasteiger partial charge in [0, 0.05) is 37.8 Å². The summed E-state index contributed by atoms with van der Waals surface area (Å²) in [5.74, 6) is 1.27. The molecule has 2 fully saturated rings. The van der Waals surface area contributed by atoms with E-state index >= 15 is 0 Å². The topological polar surface area (TPSA) is 65.8 Å². The van der Waals surface area contributed by atoms with Crippen LogP contribution in [0.5, 0.6) is 0 Å². The van der Waals surface area contributed by atoms with Crippen molar-refractivity contribution in [3.05, 3.63) is 23.2 Å². The van der Waals surface area contributed by atoms with Crippen molar-refractivity contribution in [3.63, 3.8) is 0 Å². The fourth-order valence-electron chi connectivity index (χ4n) is 3.40. The Morgan fingerprint density at radius 2 is 2.13 bits per heavy atom. The molecule has 3 rings (SSSR count). The number of piperidine rings is 1. The van der Waals surface area contributed by atoms with Gasteiger partial charge in [-0.05, 0) is 32.8 Å². The zero-order valence-corrected chi connectivity index (χ0v) is 14.4. The highest BCUT2D eigenvalue weighted by atomic mass is 35.5. The molecule has 0 spiro atoms. The molecule has 1 N–H and O–H groups in total. The fourth-order valence-corrected chi connectivity index (χ4v) is 3.40. The monoisotopic (exact) mass is 341 g/mol. The summed E-state index contributed by atoms with van der Waals surface area (Å²) < 4.78 is 5.55. The van der Waals surface area contributed by atoms with Gasteiger partial charge in [0.2, 0.25) is 5.91 Å². The van der Waals surface area contributed by atoms with Crippen LogP contribution in [0.3, 0.4) is 0 Å². The first-order chi connectivity index (χ1) is 10.6. The van der Waals surface area contributed by atoms with Crippen molar-refractivity contribution < 1.29 is 14.0 Å². The molecule has 0 bridgehead atoms. The van der Waals surface area contributed by atoms with E-state index in [-0.39, 0.29) is 30.3 Å². The molecule has 1 aromatic heterocycles. The van der Waals surface area contributed by atoms with E-state index < -0.39 is 0 Å². The highest BCUT2D eigenvalue weighted by Gasteiger charge is 2.33. The Labute approximate surface area is 142 Å². The number of nitrogens with zero attached hydrogens (tertiary/aromatic N) is 2. The molecule has 1 atom stereocenters. The molecule has 2 aliphatic heterocycles. The number of hydrogen-bond acceptors (Lipinski definition) is 4. The zero-order chi connectivity index (χ0) is 15.7. The van der Waals surface area contributed by atoms with Gasteiger partial charge in [0.25, 0.3) is 5.91 Å². The number of nitrogens with one attached hydrogen (secondary N) is 1. The minimum atomic E-state index is -0.0575. The van der Waals surface area contributed by atoms with Crippen molar-refractivity contribution in [2.45, 2.75) is 32.7 Å². The van der Waals surface area contributed by atoms with Gasteiger partial charge in [0.15, 0.2) is 5.76 Å². The molecule has 0 radical (unpaired) electrons. The van der Waals surface area contributed by atoms with Crippen LogP contribution in [-0.2, 0) is 4.79 Å². The molecule has 1 unspecified atom stereocenters. The summed E-state index contributed by atoms with van der Waals surface area (Å²) in [6, 6.07) is 2.01. The molecule has 0 aliphatic carbocycles. The van der Waals surface area contributed by atoms with Gasteiger partial charge in [-0.2, -0.15) is 0 Å². The SMILES string of the molecule is Cc1cc(C)c(C(=O)N2CCCC(N3CCNCC3=O)C2)o1.Cl. The maximum Gasteiger partial charge on any atom is 0.289 e. The lowest BCUT2D eigenvalue weighted by atomic mass is 10.0. The summed E-state index contributed by atoms with van der Waals surface area (Å²) in [4.78, 5) is 28.5. The van der Waals surface area contributed by atoms with E-state index in [9.17, 15) is 9.59 Å². The molecule has 23 heavy (non-hydrogen) atoms. The van der Waals surface area contributed by atoms with E-state index in [1.807, 2.05) is 29.7 Å². The van der Waals surface area contributed by atoms with Crippen LogP contribution in [0.25, 0.3) is 0 Å². The van der Waals surface area contributed by atoms with Crippen LogP contribution in [0.4, 0.5) is 0 Å². The van der Waals surface area contributed by atoms with Crippen molar-refractivity contribution in [2.75, 3.05) is 32.7 Å². The molecule has 2 saturated heterocycles. The fraction of sp³-hybridized carbons (Fsp3) is 0.625. The maximum absolute atomic E-state index is 12.7. The smallest absolute Gasteiger partial charge is 0.289 e. The molecule has 0 saturated carbocycles. The molecule has 2 amide bonds. The zero-order valence-electron chi connectivity index (χ0n) is 13.6. The van der Waals surface area contributed by atoms with Gasteiger partial charge in [-0.1, -0.05) is 0 Å². The third-order valence-corrected chi connectivity index (χ3v) is 4.49. The quantitative estimate of drug-likeness (QED) is 0.882. The number of piperazine rings is 1. The number of furan rings is 1. The van der Waals surface area contributed by atoms with Crippen molar-refractivity contribution in [1.82, 2.24) is 15.1 Å². The second-order valence-corrected chi connectivity index (χ2v) is 6.18. The Bertz CT molecular complexity index is 587. The van der Waals surface area contributed by atoms with Crippen LogP contribution in [0, 0.1) is 13.8 Å². The summed E-state index contributed by atoms with van der Waals surface area (Å²) in [5.41, 5.74) is 0.878. The highest BCUT2D eigenvalue weighted by molar-refractivity contribution is 5.93. The molecular formula is C16H24ClN3O3. The number of rotatable bonds is 2. The van der Waals surface area contributed by atoms with Crippen LogP contribution < -0.4 is 5.32 Å². The Morgan fingerprint density at radius 3 is 2.78 bits per heavy atom. The minimum Gasteiger partial charge on any atom is -0.456 e. The molecule has 0 aromatic carbocycles. The molecule has 128 valence electrons. The lowest BCUT2D eigenvalue weighted by Crippen LogP contribution is -2.57. The van der Waals surface area contributed by atoms with Gasteiger partial charge in [-0.25, -0.2) is 0 Å². The first-order valence-electron chi connectivity index (χ1n) is 7.93. The van der Waals surface area contributed by atoms with Crippen molar-refractivity contribution in [3.8, 4) is 0 Å². The van der Waals surface area contributed by atoms with Crippen LogP contribution in [0.2, 0.25) is 0 Å². The molecular weight excluding hydrogens is 318 g/mol. The third-order valence-electron chi connectivity index (χ3n) is 4.49. The number of carbonyl (C=O) groups is 2. The first kappa shape index (κ1) is 17.8. The summed E-state index contributed by atoms with van der Waals surface area (Å²) in [6.45, 7) is 7.03. The summed E-state index contributed by atoms with van der Waals surface area (Å²) in [6.07, 6.45) is 1.89. The second kappa shape index (κ2) is 7.36. The van der Waals surface area contributed by atoms with E-state index in [0.717, 1.165) is 43.8 Å². The first-order valence-corrected chi connectivity index (χ1v) is 7.93. The number of amides is 2. The van der Waals surface area contributed by atoms with Crippen LogP contribution >= 0.6 is 12.4 Å². The minimum absolute atomic E-state index is 0. The Kier molecular flexibility index (Phi) is 5.70. The molecule has 3 heterocycles. The van der Waals surface area contributed by atoms with Crippen molar-refractivity contribution >= 4 is 24.2 Å². The number of aryl methyl sites for hydroxylation is 2. The molecule has 2 aliphatic rings. The van der Waals surface area contributed by atoms with Gasteiger partial charge >= 0.3 is 0 Å². The average molecular weight is 342 g/mol. The van der Waals surface area contributed by atoms with Gasteiger partial charge in [0.05, 0.1) is 6.54 Å². The Morgan fingerprint density at radius 1 is 1.35 bits per heavy atom. The van der Waals surface area contributed by atoms with E-state index in [1.165, 1.54) is 0 Å². The third kappa shape index (κ3) is 3.70. The van der Waals surface area contributed by atoms with E-state index in [4.69, 9.17) is 4.42 Å². The normalized spacial score (nSPS) is 22.0. The van der Waals surface area contributed by atoms with Crippen LogP contribution in [0.15, 0.2) is 10.5 Å². The second-order valence-electron chi connectivity index (χ2n) is 6.18. The van der Waals surface area contributed by atoms with Crippen molar-refractivity contribution in [2.24, 2.45) is 0 Å². The van der Waals surface area contributed by atoms with Crippen LogP contribution in [-0.4, -0.2) is 60.4 Å². The highest BCUT2D eigenvalue weighted by Crippen LogP contribution is 2.21. The largest absolute Gasteiger partial charge is 0.456 e. The Balaban J connectivity index is 0.00000192. The number of hydrogen-bond donors (Lipinski definition) is 1. The van der Waals surface area contributed by atoms with E-state index in [0.29, 0.717) is 18.8 Å². The molecule has 6 nitrogen and oxygen atoms in total. The maximum atomic E-state index is 12.7. The van der Waals surface area contributed by atoms with E-state index in [2.05, 4.69) is 5.32 Å². The van der Waals surface area contributed by atoms with E-state index in [1.54, 1.807) is 0 Å². The summed E-state index contributed by atoms with van der Waals surface area (Å²) >= 11 is 0. The summed E-state index contributed by atoms with van der Waals surface area (Å²) in [7, 11) is 0. The van der Waals surface area contributed by atoms with Gasteiger partial charge in [0.1, 0.15) is 5.76 Å². The van der Waals surface area contributed by atoms with Crippen LogP contribution in [0.1, 0.15) is 34.7 Å². The van der Waals surface area contributed by atoms with Gasteiger partial charge in [-0.3, -0.25) is 9.59 Å². The standard InChI is InChI=1S/C16H23N3O3.ClH/c1-11-8-12(2)22-15(11)16(21)18-6-3-4-13(10-18)19-7-5-17-9-14(19)20;/h8,13,17H,3-7,9-10H2,1-2H3;1H. The Hall–Kier alpha value is -1.53. The number of carbonyl (C=O) groups excluding carboxylic acids is 2. The number of halogens is 1. The summed E-state index contributed by atoms with van der Waals surface area (Å²) in [5, 5.41) is 3.09. The van der Waals surface area contributed by atoms with Crippen molar-refractivity contribution in [1.29, 1.82) is 0 Å². The average Bonchev–Trinajstić information content (AvgIpc) is 2.86.